The summed E-state index contributed by atoms with van der Waals surface area (Å²) in [6.45, 7) is 2.08. The van der Waals surface area contributed by atoms with E-state index in [1.165, 1.54) is 18.4 Å². The lowest BCUT2D eigenvalue weighted by molar-refractivity contribution is -0.121. The number of carbonyl (C=O) groups is 1. The molecule has 2 aliphatic heterocycles. The third-order valence-electron chi connectivity index (χ3n) is 5.03. The average Bonchev–Trinajstić information content (AvgIpc) is 3.14. The van der Waals surface area contributed by atoms with Crippen LogP contribution in [0.1, 0.15) is 36.9 Å². The van der Waals surface area contributed by atoms with Crippen molar-refractivity contribution in [2.24, 2.45) is 0 Å². The molecule has 1 aromatic heterocycles. The number of thiazole rings is 1. The summed E-state index contributed by atoms with van der Waals surface area (Å²) in [5.41, 5.74) is 3.23. The molecule has 4 nitrogen and oxygen atoms in total. The molecule has 5 heteroatoms. The van der Waals surface area contributed by atoms with Gasteiger partial charge < -0.3 is 10.6 Å². The van der Waals surface area contributed by atoms with Crippen LogP contribution in [-0.4, -0.2) is 29.0 Å². The van der Waals surface area contributed by atoms with Gasteiger partial charge in [-0.15, -0.1) is 11.3 Å². The highest BCUT2D eigenvalue weighted by atomic mass is 32.1. The van der Waals surface area contributed by atoms with Gasteiger partial charge in [0.2, 0.25) is 5.91 Å². The van der Waals surface area contributed by atoms with Gasteiger partial charge in [0, 0.05) is 29.1 Å². The molecule has 2 fully saturated rings. The second-order valence-corrected chi connectivity index (χ2v) is 7.92. The first-order valence-electron chi connectivity index (χ1n) is 8.72. The van der Waals surface area contributed by atoms with E-state index < -0.39 is 0 Å². The highest BCUT2D eigenvalue weighted by Crippen LogP contribution is 2.27. The van der Waals surface area contributed by atoms with E-state index in [2.05, 4.69) is 46.8 Å². The number of aryl methyl sites for hydroxylation is 1. The summed E-state index contributed by atoms with van der Waals surface area (Å²) >= 11 is 1.61. The van der Waals surface area contributed by atoms with Crippen molar-refractivity contribution in [2.75, 3.05) is 0 Å². The Morgan fingerprint density at radius 3 is 2.67 bits per heavy atom. The number of aromatic nitrogens is 1. The third-order valence-corrected chi connectivity index (χ3v) is 5.97. The normalized spacial score (nSPS) is 25.6. The van der Waals surface area contributed by atoms with E-state index in [-0.39, 0.29) is 5.91 Å². The number of carbonyl (C=O) groups excluding carboxylic acids is 1. The van der Waals surface area contributed by atoms with Gasteiger partial charge in [-0.1, -0.05) is 29.8 Å². The fourth-order valence-corrected chi connectivity index (χ4v) is 4.66. The predicted octanol–water partition coefficient (Wildman–Crippen LogP) is 3.06. The first kappa shape index (κ1) is 15.8. The second kappa shape index (κ2) is 6.65. The van der Waals surface area contributed by atoms with Gasteiger partial charge in [0.05, 0.1) is 12.1 Å². The van der Waals surface area contributed by atoms with Gasteiger partial charge in [0.1, 0.15) is 5.01 Å². The van der Waals surface area contributed by atoms with Gasteiger partial charge >= 0.3 is 0 Å². The Morgan fingerprint density at radius 1 is 1.25 bits per heavy atom. The number of nitrogens with zero attached hydrogens (tertiary/aromatic N) is 1. The largest absolute Gasteiger partial charge is 0.353 e. The van der Waals surface area contributed by atoms with Crippen molar-refractivity contribution in [3.05, 3.63) is 40.9 Å². The molecule has 2 saturated heterocycles. The highest BCUT2D eigenvalue weighted by molar-refractivity contribution is 7.13. The maximum atomic E-state index is 12.3. The first-order valence-corrected chi connectivity index (χ1v) is 9.60. The fraction of sp³-hybridized carbons (Fsp3) is 0.474. The molecular weight excluding hydrogens is 318 g/mol. The molecule has 126 valence electrons. The lowest BCUT2D eigenvalue weighted by atomic mass is 9.99. The zero-order valence-corrected chi connectivity index (χ0v) is 14.7. The average molecular weight is 341 g/mol. The molecule has 3 heterocycles. The van der Waals surface area contributed by atoms with Crippen LogP contribution < -0.4 is 10.6 Å². The Kier molecular flexibility index (Phi) is 4.37. The molecule has 2 atom stereocenters. The van der Waals surface area contributed by atoms with Crippen molar-refractivity contribution >= 4 is 17.2 Å². The SMILES string of the molecule is Cc1ccc(-c2nc(CC(=O)NC3CC4CCC(C3)N4)cs2)cc1. The summed E-state index contributed by atoms with van der Waals surface area (Å²) in [5, 5.41) is 9.80. The Balaban J connectivity index is 1.35. The number of hydrogen-bond donors (Lipinski definition) is 2. The Bertz CT molecular complexity index is 712. The maximum Gasteiger partial charge on any atom is 0.226 e. The van der Waals surface area contributed by atoms with Crippen LogP contribution in [0.15, 0.2) is 29.6 Å². The Labute approximate surface area is 146 Å². The lowest BCUT2D eigenvalue weighted by Gasteiger charge is -2.29. The van der Waals surface area contributed by atoms with Crippen LogP contribution >= 0.6 is 11.3 Å². The van der Waals surface area contributed by atoms with Crippen molar-refractivity contribution in [1.82, 2.24) is 15.6 Å². The maximum absolute atomic E-state index is 12.3. The van der Waals surface area contributed by atoms with Gasteiger partial charge in [0.15, 0.2) is 0 Å². The molecule has 0 spiro atoms. The van der Waals surface area contributed by atoms with Crippen molar-refractivity contribution in [3.63, 3.8) is 0 Å². The molecule has 1 aromatic carbocycles. The highest BCUT2D eigenvalue weighted by Gasteiger charge is 2.33. The Morgan fingerprint density at radius 2 is 1.96 bits per heavy atom. The molecule has 2 aromatic rings. The van der Waals surface area contributed by atoms with Crippen LogP contribution in [0.25, 0.3) is 10.6 Å². The van der Waals surface area contributed by atoms with Crippen LogP contribution in [0, 0.1) is 6.92 Å². The van der Waals surface area contributed by atoms with Gasteiger partial charge in [-0.25, -0.2) is 4.98 Å². The standard InChI is InChI=1S/C19H23N3OS/c1-12-2-4-13(5-3-12)19-22-17(11-24-19)10-18(23)21-16-8-14-6-7-15(9-16)20-14/h2-5,11,14-16,20H,6-10H2,1H3,(H,21,23). The minimum atomic E-state index is 0.0991. The van der Waals surface area contributed by atoms with Crippen LogP contribution in [0.4, 0.5) is 0 Å². The molecule has 2 bridgehead atoms. The first-order chi connectivity index (χ1) is 11.7. The van der Waals surface area contributed by atoms with Crippen molar-refractivity contribution < 1.29 is 4.79 Å². The Hall–Kier alpha value is -1.72. The summed E-state index contributed by atoms with van der Waals surface area (Å²) in [6, 6.07) is 9.88. The van der Waals surface area contributed by atoms with E-state index in [1.54, 1.807) is 11.3 Å². The topological polar surface area (TPSA) is 54.0 Å². The smallest absolute Gasteiger partial charge is 0.226 e. The second-order valence-electron chi connectivity index (χ2n) is 7.06. The molecule has 2 unspecified atom stereocenters. The van der Waals surface area contributed by atoms with E-state index >= 15 is 0 Å². The molecule has 0 radical (unpaired) electrons. The third kappa shape index (κ3) is 3.52. The number of rotatable bonds is 4. The molecule has 0 saturated carbocycles. The quantitative estimate of drug-likeness (QED) is 0.899. The van der Waals surface area contributed by atoms with Gasteiger partial charge in [-0.3, -0.25) is 4.79 Å². The zero-order chi connectivity index (χ0) is 16.5. The zero-order valence-electron chi connectivity index (χ0n) is 13.9. The van der Waals surface area contributed by atoms with Gasteiger partial charge in [-0.2, -0.15) is 0 Å². The molecular formula is C19H23N3OS. The van der Waals surface area contributed by atoms with Crippen LogP contribution in [-0.2, 0) is 11.2 Å². The number of benzene rings is 1. The van der Waals surface area contributed by atoms with E-state index in [0.717, 1.165) is 29.1 Å². The number of amides is 1. The van der Waals surface area contributed by atoms with E-state index in [9.17, 15) is 4.79 Å². The van der Waals surface area contributed by atoms with Gasteiger partial charge in [-0.05, 0) is 32.6 Å². The van der Waals surface area contributed by atoms with Crippen LogP contribution in [0.2, 0.25) is 0 Å². The van der Waals surface area contributed by atoms with Crippen molar-refractivity contribution in [1.29, 1.82) is 0 Å². The fourth-order valence-electron chi connectivity index (χ4n) is 3.84. The minimum Gasteiger partial charge on any atom is -0.353 e. The summed E-state index contributed by atoms with van der Waals surface area (Å²) in [4.78, 5) is 17.0. The number of hydrogen-bond acceptors (Lipinski definition) is 4. The number of nitrogens with one attached hydrogen (secondary N) is 2. The predicted molar refractivity (Wildman–Crippen MR) is 97.1 cm³/mol. The summed E-state index contributed by atoms with van der Waals surface area (Å²) < 4.78 is 0. The summed E-state index contributed by atoms with van der Waals surface area (Å²) in [5.74, 6) is 0.0991. The molecule has 0 aliphatic carbocycles. The molecule has 2 aliphatic rings. The van der Waals surface area contributed by atoms with Gasteiger partial charge in [0.25, 0.3) is 0 Å². The van der Waals surface area contributed by atoms with E-state index in [1.807, 2.05) is 5.38 Å². The van der Waals surface area contributed by atoms with Crippen molar-refractivity contribution in [2.45, 2.75) is 57.2 Å². The number of fused-ring (bicyclic) bond motifs is 2. The minimum absolute atomic E-state index is 0.0991. The van der Waals surface area contributed by atoms with E-state index in [0.29, 0.717) is 24.5 Å². The summed E-state index contributed by atoms with van der Waals surface area (Å²) in [7, 11) is 0. The van der Waals surface area contributed by atoms with Crippen LogP contribution in [0.5, 0.6) is 0 Å². The summed E-state index contributed by atoms with van der Waals surface area (Å²) in [6.07, 6.45) is 5.01. The van der Waals surface area contributed by atoms with E-state index in [4.69, 9.17) is 0 Å². The van der Waals surface area contributed by atoms with Crippen LogP contribution in [0.3, 0.4) is 0 Å². The van der Waals surface area contributed by atoms with Crippen molar-refractivity contribution in [3.8, 4) is 10.6 Å². The monoisotopic (exact) mass is 341 g/mol. The molecule has 2 N–H and O–H groups in total. The number of piperidine rings is 1. The lowest BCUT2D eigenvalue weighted by Crippen LogP contribution is -2.48. The molecule has 24 heavy (non-hydrogen) atoms. The molecule has 4 rings (SSSR count). The molecule has 1 amide bonds.